The van der Waals surface area contributed by atoms with Crippen molar-refractivity contribution in [2.75, 3.05) is 6.61 Å². The minimum Gasteiger partial charge on any atom is -0.481 e. The van der Waals surface area contributed by atoms with Gasteiger partial charge in [-0.05, 0) is 34.1 Å². The van der Waals surface area contributed by atoms with Gasteiger partial charge in [0.15, 0.2) is 5.82 Å². The van der Waals surface area contributed by atoms with Crippen LogP contribution >= 0.6 is 0 Å². The van der Waals surface area contributed by atoms with Crippen LogP contribution in [0, 0.1) is 13.8 Å². The van der Waals surface area contributed by atoms with Crippen LogP contribution in [0.25, 0.3) is 0 Å². The van der Waals surface area contributed by atoms with Crippen LogP contribution in [0.5, 0.6) is 0 Å². The van der Waals surface area contributed by atoms with Crippen LogP contribution in [0.4, 0.5) is 0 Å². The van der Waals surface area contributed by atoms with E-state index >= 15 is 0 Å². The smallest absolute Gasteiger partial charge is 0.307 e. The lowest BCUT2D eigenvalue weighted by atomic mass is 10.0. The fourth-order valence-electron chi connectivity index (χ4n) is 2.03. The Labute approximate surface area is 114 Å². The summed E-state index contributed by atoms with van der Waals surface area (Å²) in [6.07, 6.45) is 0.716. The normalized spacial score (nSPS) is 14.2. The van der Waals surface area contributed by atoms with Crippen molar-refractivity contribution in [1.29, 1.82) is 0 Å². The summed E-state index contributed by atoms with van der Waals surface area (Å²) in [6.45, 7) is 10.1. The van der Waals surface area contributed by atoms with E-state index in [1.54, 1.807) is 0 Å². The van der Waals surface area contributed by atoms with E-state index in [1.165, 1.54) is 0 Å². The molecule has 5 heteroatoms. The van der Waals surface area contributed by atoms with Crippen LogP contribution in [0.15, 0.2) is 0 Å². The molecule has 0 saturated heterocycles. The van der Waals surface area contributed by atoms with E-state index in [2.05, 4.69) is 9.97 Å². The largest absolute Gasteiger partial charge is 0.481 e. The van der Waals surface area contributed by atoms with Gasteiger partial charge in [-0.1, -0.05) is 6.92 Å². The van der Waals surface area contributed by atoms with Crippen LogP contribution in [0.1, 0.15) is 50.0 Å². The fourth-order valence-corrected chi connectivity index (χ4v) is 2.03. The minimum absolute atomic E-state index is 0.0462. The second-order valence-corrected chi connectivity index (χ2v) is 4.78. The zero-order valence-electron chi connectivity index (χ0n) is 12.3. The van der Waals surface area contributed by atoms with Crippen molar-refractivity contribution in [2.24, 2.45) is 0 Å². The number of hydrogen-bond acceptors (Lipinski definition) is 4. The van der Waals surface area contributed by atoms with Gasteiger partial charge in [0.25, 0.3) is 0 Å². The molecule has 1 rings (SSSR count). The molecule has 1 N–H and O–H groups in total. The number of carboxylic acid groups (broad SMARTS) is 1. The molecule has 106 valence electrons. The van der Waals surface area contributed by atoms with Crippen molar-refractivity contribution in [3.05, 3.63) is 22.8 Å². The Morgan fingerprint density at radius 1 is 1.26 bits per heavy atom. The number of aryl methyl sites for hydroxylation is 2. The highest BCUT2D eigenvalue weighted by molar-refractivity contribution is 5.70. The van der Waals surface area contributed by atoms with Crippen molar-refractivity contribution in [3.8, 4) is 0 Å². The summed E-state index contributed by atoms with van der Waals surface area (Å²) in [6, 6.07) is 0. The molecule has 0 aliphatic heterocycles. The van der Waals surface area contributed by atoms with E-state index in [0.29, 0.717) is 29.4 Å². The van der Waals surface area contributed by atoms with Gasteiger partial charge in [-0.15, -0.1) is 0 Å². The van der Waals surface area contributed by atoms with Gasteiger partial charge >= 0.3 is 5.97 Å². The van der Waals surface area contributed by atoms with E-state index in [1.807, 2.05) is 34.6 Å². The molecule has 0 amide bonds. The second-order valence-electron chi connectivity index (χ2n) is 4.78. The fraction of sp³-hybridized carbons (Fsp3) is 0.643. The van der Waals surface area contributed by atoms with E-state index in [0.717, 1.165) is 6.42 Å². The third kappa shape index (κ3) is 3.50. The van der Waals surface area contributed by atoms with Crippen LogP contribution in [-0.2, 0) is 21.6 Å². The molecule has 1 unspecified atom stereocenters. The van der Waals surface area contributed by atoms with Crippen molar-refractivity contribution >= 4 is 5.97 Å². The van der Waals surface area contributed by atoms with Crippen molar-refractivity contribution in [1.82, 2.24) is 9.97 Å². The average molecular weight is 266 g/mol. The first-order valence-electron chi connectivity index (χ1n) is 6.54. The first-order valence-corrected chi connectivity index (χ1v) is 6.54. The Balaban J connectivity index is 3.23. The molecule has 0 saturated carbocycles. The van der Waals surface area contributed by atoms with Gasteiger partial charge in [-0.3, -0.25) is 4.79 Å². The number of ether oxygens (including phenoxy) is 1. The molecule has 1 aromatic rings. The standard InChI is InChI=1S/C14H22N2O3/c1-6-14(5,19-7-2)13-15-9(3)11(8-12(17)18)10(4)16-13/h6-8H2,1-5H3,(H,17,18). The number of hydrogen-bond donors (Lipinski definition) is 1. The van der Waals surface area contributed by atoms with E-state index < -0.39 is 11.6 Å². The average Bonchev–Trinajstić information content (AvgIpc) is 2.33. The molecule has 1 aromatic heterocycles. The molecule has 1 atom stereocenters. The molecule has 0 aliphatic carbocycles. The summed E-state index contributed by atoms with van der Waals surface area (Å²) in [4.78, 5) is 19.7. The molecule has 0 aliphatic rings. The first-order chi connectivity index (χ1) is 8.84. The van der Waals surface area contributed by atoms with E-state index in [4.69, 9.17) is 9.84 Å². The number of aliphatic carboxylic acids is 1. The maximum Gasteiger partial charge on any atom is 0.307 e. The van der Waals surface area contributed by atoms with Gasteiger partial charge in [0.1, 0.15) is 5.60 Å². The van der Waals surface area contributed by atoms with Gasteiger partial charge in [0, 0.05) is 23.6 Å². The Morgan fingerprint density at radius 3 is 2.16 bits per heavy atom. The number of aromatic nitrogens is 2. The van der Waals surface area contributed by atoms with Gasteiger partial charge in [-0.2, -0.15) is 0 Å². The molecule has 0 bridgehead atoms. The molecule has 0 radical (unpaired) electrons. The molecule has 0 aromatic carbocycles. The third-order valence-electron chi connectivity index (χ3n) is 3.36. The summed E-state index contributed by atoms with van der Waals surface area (Å²) in [7, 11) is 0. The predicted octanol–water partition coefficient (Wildman–Crippen LogP) is 2.38. The molecule has 1 heterocycles. The lowest BCUT2D eigenvalue weighted by Gasteiger charge is -2.27. The summed E-state index contributed by atoms with van der Waals surface area (Å²) < 4.78 is 5.75. The summed E-state index contributed by atoms with van der Waals surface area (Å²) >= 11 is 0. The number of nitrogens with zero attached hydrogens (tertiary/aromatic N) is 2. The second kappa shape index (κ2) is 6.10. The van der Waals surface area contributed by atoms with Gasteiger partial charge < -0.3 is 9.84 Å². The van der Waals surface area contributed by atoms with Crippen LogP contribution in [-0.4, -0.2) is 27.7 Å². The van der Waals surface area contributed by atoms with Crippen molar-refractivity contribution < 1.29 is 14.6 Å². The third-order valence-corrected chi connectivity index (χ3v) is 3.36. The Hall–Kier alpha value is -1.49. The van der Waals surface area contributed by atoms with E-state index in [-0.39, 0.29) is 6.42 Å². The zero-order valence-corrected chi connectivity index (χ0v) is 12.3. The van der Waals surface area contributed by atoms with Crippen molar-refractivity contribution in [2.45, 2.75) is 53.1 Å². The first kappa shape index (κ1) is 15.6. The number of carbonyl (C=O) groups is 1. The summed E-state index contributed by atoms with van der Waals surface area (Å²) in [5.74, 6) is -0.244. The Morgan fingerprint density at radius 2 is 1.79 bits per heavy atom. The van der Waals surface area contributed by atoms with Gasteiger partial charge in [-0.25, -0.2) is 9.97 Å². The SMILES string of the molecule is CCOC(C)(CC)c1nc(C)c(CC(=O)O)c(C)n1. The molecular weight excluding hydrogens is 244 g/mol. The molecule has 0 spiro atoms. The molecule has 0 fully saturated rings. The van der Waals surface area contributed by atoms with Crippen LogP contribution in [0.2, 0.25) is 0 Å². The predicted molar refractivity (Wildman–Crippen MR) is 72.1 cm³/mol. The Bertz CT molecular complexity index is 451. The van der Waals surface area contributed by atoms with E-state index in [9.17, 15) is 4.79 Å². The summed E-state index contributed by atoms with van der Waals surface area (Å²) in [5.41, 5.74) is 1.59. The monoisotopic (exact) mass is 266 g/mol. The quantitative estimate of drug-likeness (QED) is 0.855. The molecule has 5 nitrogen and oxygen atoms in total. The lowest BCUT2D eigenvalue weighted by molar-refractivity contribution is -0.136. The Kier molecular flexibility index (Phi) is 5.00. The van der Waals surface area contributed by atoms with Crippen LogP contribution in [0.3, 0.4) is 0 Å². The van der Waals surface area contributed by atoms with Crippen molar-refractivity contribution in [3.63, 3.8) is 0 Å². The highest BCUT2D eigenvalue weighted by Gasteiger charge is 2.29. The molecular formula is C14H22N2O3. The number of rotatable bonds is 6. The maximum atomic E-state index is 10.8. The van der Waals surface area contributed by atoms with Gasteiger partial charge in [0.05, 0.1) is 6.42 Å². The highest BCUT2D eigenvalue weighted by Crippen LogP contribution is 2.27. The maximum absolute atomic E-state index is 10.8. The highest BCUT2D eigenvalue weighted by atomic mass is 16.5. The zero-order chi connectivity index (χ0) is 14.6. The molecule has 19 heavy (non-hydrogen) atoms. The summed E-state index contributed by atoms with van der Waals surface area (Å²) in [5, 5.41) is 8.90. The topological polar surface area (TPSA) is 72.3 Å². The minimum atomic E-state index is -0.870. The van der Waals surface area contributed by atoms with Gasteiger partial charge in [0.2, 0.25) is 0 Å². The lowest BCUT2D eigenvalue weighted by Crippen LogP contribution is -2.29. The number of carboxylic acids is 1. The van der Waals surface area contributed by atoms with Crippen LogP contribution < -0.4 is 0 Å².